The molecule has 0 radical (unpaired) electrons. The number of benzene rings is 1. The lowest BCUT2D eigenvalue weighted by Crippen LogP contribution is -2.35. The summed E-state index contributed by atoms with van der Waals surface area (Å²) in [7, 11) is 3.23. The van der Waals surface area contributed by atoms with Crippen LogP contribution in [0.4, 0.5) is 18.9 Å². The second-order valence-electron chi connectivity index (χ2n) is 5.20. The first-order valence-corrected chi connectivity index (χ1v) is 7.58. The maximum absolute atomic E-state index is 12.8. The molecule has 0 saturated heterocycles. The molecule has 24 heavy (non-hydrogen) atoms. The van der Waals surface area contributed by atoms with E-state index in [-0.39, 0.29) is 24.6 Å². The Morgan fingerprint density at radius 2 is 1.96 bits per heavy atom. The molecule has 2 amide bonds. The van der Waals surface area contributed by atoms with Crippen LogP contribution in [0.2, 0.25) is 5.02 Å². The van der Waals surface area contributed by atoms with Crippen LogP contribution in [-0.2, 0) is 15.8 Å². The van der Waals surface area contributed by atoms with E-state index in [0.717, 1.165) is 12.1 Å². The van der Waals surface area contributed by atoms with E-state index in [9.17, 15) is 22.8 Å². The van der Waals surface area contributed by atoms with Gasteiger partial charge < -0.3 is 15.5 Å². The topological polar surface area (TPSA) is 61.4 Å². The van der Waals surface area contributed by atoms with Gasteiger partial charge in [0.25, 0.3) is 0 Å². The molecule has 0 aliphatic carbocycles. The van der Waals surface area contributed by atoms with Crippen LogP contribution in [0, 0.1) is 0 Å². The molecule has 0 fully saturated rings. The molecular weight excluding hydrogens is 347 g/mol. The van der Waals surface area contributed by atoms with Gasteiger partial charge in [0.15, 0.2) is 0 Å². The van der Waals surface area contributed by atoms with Crippen molar-refractivity contribution >= 4 is 29.1 Å². The Bertz CT molecular complexity index is 594. The smallest absolute Gasteiger partial charge is 0.336 e. The van der Waals surface area contributed by atoms with Crippen molar-refractivity contribution in [3.63, 3.8) is 0 Å². The van der Waals surface area contributed by atoms with Crippen molar-refractivity contribution in [3.05, 3.63) is 28.8 Å². The molecule has 1 aromatic carbocycles. The summed E-state index contributed by atoms with van der Waals surface area (Å²) >= 11 is 5.51. The predicted molar refractivity (Wildman–Crippen MR) is 85.9 cm³/mol. The molecule has 2 N–H and O–H groups in total. The lowest BCUT2D eigenvalue weighted by atomic mass is 10.2. The number of likely N-dealkylation sites (N-methyl/N-ethyl adjacent to an activating group) is 1. The zero-order valence-electron chi connectivity index (χ0n) is 13.3. The van der Waals surface area contributed by atoms with E-state index < -0.39 is 22.7 Å². The highest BCUT2D eigenvalue weighted by molar-refractivity contribution is 6.31. The average Bonchev–Trinajstić information content (AvgIpc) is 2.48. The van der Waals surface area contributed by atoms with Gasteiger partial charge in [-0.2, -0.15) is 13.2 Å². The molecule has 0 saturated carbocycles. The highest BCUT2D eigenvalue weighted by atomic mass is 35.5. The third kappa shape index (κ3) is 6.37. The molecule has 9 heteroatoms. The number of carbonyl (C=O) groups is 2. The lowest BCUT2D eigenvalue weighted by Gasteiger charge is -2.17. The van der Waals surface area contributed by atoms with Gasteiger partial charge in [-0.15, -0.1) is 0 Å². The Morgan fingerprint density at radius 3 is 2.54 bits per heavy atom. The van der Waals surface area contributed by atoms with Crippen molar-refractivity contribution in [2.45, 2.75) is 19.0 Å². The molecule has 0 spiro atoms. The second kappa shape index (κ2) is 8.89. The summed E-state index contributed by atoms with van der Waals surface area (Å²) in [5.41, 5.74) is -1.06. The van der Waals surface area contributed by atoms with Crippen LogP contribution >= 0.6 is 11.6 Å². The van der Waals surface area contributed by atoms with Crippen molar-refractivity contribution in [2.75, 3.05) is 32.5 Å². The van der Waals surface area contributed by atoms with Crippen LogP contribution in [0.3, 0.4) is 0 Å². The zero-order valence-corrected chi connectivity index (χ0v) is 14.1. The van der Waals surface area contributed by atoms with Gasteiger partial charge in [-0.05, 0) is 38.2 Å². The number of carbonyl (C=O) groups excluding carboxylic acids is 2. The average molecular weight is 366 g/mol. The fourth-order valence-electron chi connectivity index (χ4n) is 1.93. The summed E-state index contributed by atoms with van der Waals surface area (Å²) < 4.78 is 38.3. The molecule has 0 bridgehead atoms. The fraction of sp³-hybridized carbons (Fsp3) is 0.467. The second-order valence-corrected chi connectivity index (χ2v) is 5.60. The number of rotatable bonds is 7. The number of anilines is 1. The summed E-state index contributed by atoms with van der Waals surface area (Å²) in [6.07, 6.45) is -3.70. The minimum atomic E-state index is -4.61. The largest absolute Gasteiger partial charge is 0.417 e. The monoisotopic (exact) mass is 365 g/mol. The van der Waals surface area contributed by atoms with Crippen LogP contribution in [0.5, 0.6) is 0 Å². The van der Waals surface area contributed by atoms with E-state index in [2.05, 4.69) is 10.6 Å². The van der Waals surface area contributed by atoms with E-state index in [1.807, 2.05) is 0 Å². The number of amides is 2. The molecule has 0 aromatic heterocycles. The molecule has 1 rings (SSSR count). The first-order valence-electron chi connectivity index (χ1n) is 7.20. The van der Waals surface area contributed by atoms with E-state index in [0.29, 0.717) is 13.0 Å². The lowest BCUT2D eigenvalue weighted by molar-refractivity contribution is -0.137. The number of hydrogen-bond donors (Lipinski definition) is 2. The Balaban J connectivity index is 2.64. The summed E-state index contributed by atoms with van der Waals surface area (Å²) in [4.78, 5) is 24.9. The SMILES string of the molecule is CNCCCC(=O)N(C)CC(=O)Nc1ccc(Cl)c(C(F)(F)F)c1. The van der Waals surface area contributed by atoms with E-state index >= 15 is 0 Å². The Labute approximate surface area is 143 Å². The number of alkyl halides is 3. The van der Waals surface area contributed by atoms with E-state index in [4.69, 9.17) is 11.6 Å². The summed E-state index contributed by atoms with van der Waals surface area (Å²) in [5, 5.41) is 4.79. The number of halogens is 4. The van der Waals surface area contributed by atoms with Crippen molar-refractivity contribution in [2.24, 2.45) is 0 Å². The number of nitrogens with zero attached hydrogens (tertiary/aromatic N) is 1. The number of nitrogens with one attached hydrogen (secondary N) is 2. The fourth-order valence-corrected chi connectivity index (χ4v) is 2.16. The van der Waals surface area contributed by atoms with Gasteiger partial charge in [-0.25, -0.2) is 0 Å². The van der Waals surface area contributed by atoms with Crippen molar-refractivity contribution in [1.29, 1.82) is 0 Å². The Hall–Kier alpha value is -1.80. The van der Waals surface area contributed by atoms with Crippen LogP contribution in [0.15, 0.2) is 18.2 Å². The highest BCUT2D eigenvalue weighted by Gasteiger charge is 2.33. The van der Waals surface area contributed by atoms with Crippen molar-refractivity contribution in [3.8, 4) is 0 Å². The summed E-state index contributed by atoms with van der Waals surface area (Å²) in [6, 6.07) is 3.09. The highest BCUT2D eigenvalue weighted by Crippen LogP contribution is 2.36. The van der Waals surface area contributed by atoms with E-state index in [1.54, 1.807) is 7.05 Å². The minimum Gasteiger partial charge on any atom is -0.336 e. The van der Waals surface area contributed by atoms with Gasteiger partial charge in [-0.3, -0.25) is 9.59 Å². The molecular formula is C15H19ClF3N3O2. The summed E-state index contributed by atoms with van der Waals surface area (Å²) in [5.74, 6) is -0.803. The third-order valence-electron chi connectivity index (χ3n) is 3.18. The Morgan fingerprint density at radius 1 is 1.29 bits per heavy atom. The van der Waals surface area contributed by atoms with Gasteiger partial charge in [0, 0.05) is 19.2 Å². The van der Waals surface area contributed by atoms with Gasteiger partial charge in [0.1, 0.15) is 0 Å². The summed E-state index contributed by atoms with van der Waals surface area (Å²) in [6.45, 7) is 0.430. The Kier molecular flexibility index (Phi) is 7.50. The van der Waals surface area contributed by atoms with Crippen LogP contribution in [0.1, 0.15) is 18.4 Å². The zero-order chi connectivity index (χ0) is 18.3. The van der Waals surface area contributed by atoms with Crippen molar-refractivity contribution < 1.29 is 22.8 Å². The molecule has 0 aliphatic rings. The standard InChI is InChI=1S/C15H19ClF3N3O2/c1-20-7-3-4-14(24)22(2)9-13(23)21-10-5-6-12(16)11(8-10)15(17,18)19/h5-6,8,20H,3-4,7,9H2,1-2H3,(H,21,23). The minimum absolute atomic E-state index is 0.0345. The first kappa shape index (κ1) is 20.2. The van der Waals surface area contributed by atoms with Gasteiger partial charge in [0.2, 0.25) is 11.8 Å². The number of hydrogen-bond acceptors (Lipinski definition) is 3. The van der Waals surface area contributed by atoms with E-state index in [1.165, 1.54) is 18.0 Å². The van der Waals surface area contributed by atoms with Crippen LogP contribution < -0.4 is 10.6 Å². The van der Waals surface area contributed by atoms with Crippen LogP contribution in [0.25, 0.3) is 0 Å². The van der Waals surface area contributed by atoms with Crippen LogP contribution in [-0.4, -0.2) is 43.9 Å². The molecule has 0 heterocycles. The maximum Gasteiger partial charge on any atom is 0.417 e. The quantitative estimate of drug-likeness (QED) is 0.730. The maximum atomic E-state index is 12.8. The predicted octanol–water partition coefficient (Wildman–Crippen LogP) is 2.76. The van der Waals surface area contributed by atoms with Gasteiger partial charge in [0.05, 0.1) is 17.1 Å². The van der Waals surface area contributed by atoms with Gasteiger partial charge in [-0.1, -0.05) is 11.6 Å². The molecule has 5 nitrogen and oxygen atoms in total. The molecule has 0 atom stereocenters. The van der Waals surface area contributed by atoms with Crippen molar-refractivity contribution in [1.82, 2.24) is 10.2 Å². The molecule has 1 aromatic rings. The van der Waals surface area contributed by atoms with Gasteiger partial charge >= 0.3 is 6.18 Å². The normalized spacial score (nSPS) is 11.2. The molecule has 0 unspecified atom stereocenters. The third-order valence-corrected chi connectivity index (χ3v) is 3.51. The first-order chi connectivity index (χ1) is 11.1. The molecule has 0 aliphatic heterocycles. The molecule has 134 valence electrons.